The van der Waals surface area contributed by atoms with E-state index in [0.29, 0.717) is 11.5 Å². The van der Waals surface area contributed by atoms with Gasteiger partial charge >= 0.3 is 0 Å². The van der Waals surface area contributed by atoms with Gasteiger partial charge in [-0.25, -0.2) is 4.99 Å². The average molecular weight is 376 g/mol. The first-order valence-electron chi connectivity index (χ1n) is 7.01. The molecule has 1 heterocycles. The third-order valence-electron chi connectivity index (χ3n) is 3.33. The zero-order valence-electron chi connectivity index (χ0n) is 12.4. The first-order chi connectivity index (χ1) is 11.7. The Hall–Kier alpha value is -3.22. The average Bonchev–Trinajstić information content (AvgIpc) is 2.63. The number of rotatable bonds is 2. The molecule has 2 aromatic rings. The molecular formula is C18H10BrN5. The second kappa shape index (κ2) is 6.91. The summed E-state index contributed by atoms with van der Waals surface area (Å²) in [6.07, 6.45) is 0. The van der Waals surface area contributed by atoms with Gasteiger partial charge in [0.15, 0.2) is 11.4 Å². The van der Waals surface area contributed by atoms with Gasteiger partial charge in [0.1, 0.15) is 23.5 Å². The van der Waals surface area contributed by atoms with Crippen molar-refractivity contribution in [3.8, 4) is 12.1 Å². The fraction of sp³-hybridized carbons (Fsp3) is 0. The number of allylic oxidation sites excluding steroid dienone is 2. The van der Waals surface area contributed by atoms with Gasteiger partial charge in [-0.3, -0.25) is 5.43 Å². The lowest BCUT2D eigenvalue weighted by Crippen LogP contribution is -2.27. The van der Waals surface area contributed by atoms with Gasteiger partial charge in [-0.05, 0) is 12.1 Å². The van der Waals surface area contributed by atoms with Crippen molar-refractivity contribution in [2.45, 2.75) is 0 Å². The molecule has 1 N–H and O–H groups in total. The molecule has 0 fully saturated rings. The summed E-state index contributed by atoms with van der Waals surface area (Å²) in [7, 11) is 0. The number of aliphatic imine (C=N–C) groups is 1. The molecule has 0 amide bonds. The molecule has 24 heavy (non-hydrogen) atoms. The summed E-state index contributed by atoms with van der Waals surface area (Å²) >= 11 is 3.41. The summed E-state index contributed by atoms with van der Waals surface area (Å²) in [6.45, 7) is 0. The van der Waals surface area contributed by atoms with Gasteiger partial charge in [-0.1, -0.05) is 58.4 Å². The van der Waals surface area contributed by atoms with E-state index in [4.69, 9.17) is 0 Å². The smallest absolute Gasteiger partial charge is 0.157 e. The number of hydrogen-bond acceptors (Lipinski definition) is 5. The second-order valence-corrected chi connectivity index (χ2v) is 5.77. The SMILES string of the molecule is N#CC(C#N)=C1N=C(c2cccc(Br)c2)NN=C1c1ccccc1. The molecular weight excluding hydrogens is 366 g/mol. The molecule has 2 aromatic carbocycles. The second-order valence-electron chi connectivity index (χ2n) is 4.86. The van der Waals surface area contributed by atoms with Gasteiger partial charge < -0.3 is 0 Å². The van der Waals surface area contributed by atoms with Gasteiger partial charge in [0.25, 0.3) is 0 Å². The minimum Gasteiger partial charge on any atom is -0.260 e. The molecule has 0 unspecified atom stereocenters. The Kier molecular flexibility index (Phi) is 4.51. The summed E-state index contributed by atoms with van der Waals surface area (Å²) in [4.78, 5) is 4.48. The Morgan fingerprint density at radius 3 is 2.33 bits per heavy atom. The first kappa shape index (κ1) is 15.7. The van der Waals surface area contributed by atoms with Crippen LogP contribution in [0.5, 0.6) is 0 Å². The zero-order chi connectivity index (χ0) is 16.9. The first-order valence-corrected chi connectivity index (χ1v) is 7.81. The van der Waals surface area contributed by atoms with Crippen molar-refractivity contribution in [2.24, 2.45) is 10.1 Å². The van der Waals surface area contributed by atoms with E-state index in [-0.39, 0.29) is 11.3 Å². The molecule has 0 bridgehead atoms. The maximum atomic E-state index is 9.26. The molecule has 6 heteroatoms. The molecule has 0 radical (unpaired) electrons. The van der Waals surface area contributed by atoms with E-state index in [1.807, 2.05) is 66.7 Å². The molecule has 1 aliphatic rings. The van der Waals surface area contributed by atoms with Crippen LogP contribution in [0.25, 0.3) is 0 Å². The van der Waals surface area contributed by atoms with Gasteiger partial charge in [-0.15, -0.1) is 0 Å². The molecule has 0 spiro atoms. The highest BCUT2D eigenvalue weighted by molar-refractivity contribution is 9.10. The van der Waals surface area contributed by atoms with Crippen molar-refractivity contribution in [1.29, 1.82) is 10.5 Å². The molecule has 1 aliphatic heterocycles. The highest BCUT2D eigenvalue weighted by Gasteiger charge is 2.21. The largest absolute Gasteiger partial charge is 0.260 e. The molecule has 0 saturated heterocycles. The predicted octanol–water partition coefficient (Wildman–Crippen LogP) is 3.50. The Labute approximate surface area is 147 Å². The van der Waals surface area contributed by atoms with Crippen LogP contribution < -0.4 is 5.43 Å². The third kappa shape index (κ3) is 3.10. The quantitative estimate of drug-likeness (QED) is 0.815. The molecule has 114 valence electrons. The van der Waals surface area contributed by atoms with Gasteiger partial charge in [0.2, 0.25) is 0 Å². The summed E-state index contributed by atoms with van der Waals surface area (Å²) in [5, 5.41) is 22.9. The fourth-order valence-electron chi connectivity index (χ4n) is 2.22. The zero-order valence-corrected chi connectivity index (χ0v) is 13.9. The Morgan fingerprint density at radius 1 is 0.958 bits per heavy atom. The van der Waals surface area contributed by atoms with Gasteiger partial charge in [-0.2, -0.15) is 15.6 Å². The maximum Gasteiger partial charge on any atom is 0.157 e. The fourth-order valence-corrected chi connectivity index (χ4v) is 2.62. The normalized spacial score (nSPS) is 13.0. The summed E-state index contributed by atoms with van der Waals surface area (Å²) in [5.41, 5.74) is 5.14. The summed E-state index contributed by atoms with van der Waals surface area (Å²) in [6, 6.07) is 20.6. The monoisotopic (exact) mass is 375 g/mol. The Bertz CT molecular complexity index is 943. The van der Waals surface area contributed by atoms with Crippen molar-refractivity contribution >= 4 is 27.5 Å². The van der Waals surface area contributed by atoms with Crippen molar-refractivity contribution in [3.05, 3.63) is 81.5 Å². The summed E-state index contributed by atoms with van der Waals surface area (Å²) < 4.78 is 0.897. The lowest BCUT2D eigenvalue weighted by Gasteiger charge is -2.17. The Balaban J connectivity index is 2.13. The highest BCUT2D eigenvalue weighted by Crippen LogP contribution is 2.20. The van der Waals surface area contributed by atoms with Crippen molar-refractivity contribution in [1.82, 2.24) is 5.43 Å². The number of nitrogens with one attached hydrogen (secondary N) is 1. The van der Waals surface area contributed by atoms with Crippen molar-refractivity contribution in [2.75, 3.05) is 0 Å². The van der Waals surface area contributed by atoms with Gasteiger partial charge in [0.05, 0.1) is 0 Å². The number of halogens is 1. The minimum absolute atomic E-state index is 0.0772. The van der Waals surface area contributed by atoms with E-state index in [1.165, 1.54) is 0 Å². The number of hydrazone groups is 1. The van der Waals surface area contributed by atoms with Crippen LogP contribution in [0.15, 0.2) is 80.4 Å². The van der Waals surface area contributed by atoms with E-state index < -0.39 is 0 Å². The van der Waals surface area contributed by atoms with E-state index in [1.54, 1.807) is 0 Å². The standard InChI is InChI=1S/C18H10BrN5/c19-15-8-4-7-13(9-15)18-22-16(14(10-20)11-21)17(23-24-18)12-5-2-1-3-6-12/h1-9H,(H,22,24). The predicted molar refractivity (Wildman–Crippen MR) is 95.0 cm³/mol. The van der Waals surface area contributed by atoms with Crippen LogP contribution >= 0.6 is 15.9 Å². The highest BCUT2D eigenvalue weighted by atomic mass is 79.9. The van der Waals surface area contributed by atoms with Crippen molar-refractivity contribution < 1.29 is 0 Å². The molecule has 5 nitrogen and oxygen atoms in total. The third-order valence-corrected chi connectivity index (χ3v) is 3.82. The van der Waals surface area contributed by atoms with E-state index in [0.717, 1.165) is 15.6 Å². The Morgan fingerprint density at radius 2 is 1.67 bits per heavy atom. The van der Waals surface area contributed by atoms with Gasteiger partial charge in [0, 0.05) is 15.6 Å². The molecule has 0 atom stereocenters. The maximum absolute atomic E-state index is 9.26. The molecule has 0 aromatic heterocycles. The van der Waals surface area contributed by atoms with Crippen LogP contribution in [0.1, 0.15) is 11.1 Å². The lowest BCUT2D eigenvalue weighted by molar-refractivity contribution is 0.992. The van der Waals surface area contributed by atoms with Crippen molar-refractivity contribution in [3.63, 3.8) is 0 Å². The van der Waals surface area contributed by atoms with Crippen LogP contribution in [0, 0.1) is 22.7 Å². The lowest BCUT2D eigenvalue weighted by atomic mass is 10.0. The number of nitriles is 2. The topological polar surface area (TPSA) is 84.3 Å². The van der Waals surface area contributed by atoms with Crippen LogP contribution in [-0.4, -0.2) is 11.5 Å². The number of amidine groups is 1. The molecule has 0 saturated carbocycles. The number of benzene rings is 2. The van der Waals surface area contributed by atoms with E-state index in [9.17, 15) is 10.5 Å². The van der Waals surface area contributed by atoms with Crippen LogP contribution in [0.3, 0.4) is 0 Å². The van der Waals surface area contributed by atoms with Crippen LogP contribution in [0.4, 0.5) is 0 Å². The van der Waals surface area contributed by atoms with E-state index >= 15 is 0 Å². The molecule has 0 aliphatic carbocycles. The van der Waals surface area contributed by atoms with Crippen LogP contribution in [0.2, 0.25) is 0 Å². The number of nitrogens with zero attached hydrogens (tertiary/aromatic N) is 4. The summed E-state index contributed by atoms with van der Waals surface area (Å²) in [5.74, 6) is 0.481. The minimum atomic E-state index is -0.0772. The van der Waals surface area contributed by atoms with Crippen LogP contribution in [-0.2, 0) is 0 Å². The molecule has 3 rings (SSSR count). The number of hydrogen-bond donors (Lipinski definition) is 1. The van der Waals surface area contributed by atoms with E-state index in [2.05, 4.69) is 31.4 Å².